The summed E-state index contributed by atoms with van der Waals surface area (Å²) >= 11 is 0. The van der Waals surface area contributed by atoms with Crippen LogP contribution in [-0.2, 0) is 10.0 Å². The van der Waals surface area contributed by atoms with E-state index in [0.717, 1.165) is 0 Å². The van der Waals surface area contributed by atoms with E-state index in [-0.39, 0.29) is 22.0 Å². The number of rotatable bonds is 6. The zero-order chi connectivity index (χ0) is 25.2. The van der Waals surface area contributed by atoms with Crippen LogP contribution < -0.4 is 15.5 Å². The molecule has 4 rings (SSSR count). The Kier molecular flexibility index (Phi) is 6.48. The second-order valence-corrected chi connectivity index (χ2v) is 9.45. The minimum absolute atomic E-state index is 0.0892. The molecule has 0 fully saturated rings. The van der Waals surface area contributed by atoms with Crippen LogP contribution in [0.5, 0.6) is 0 Å². The fraction of sp³-hybridized carbons (Fsp3) is 0.0800. The van der Waals surface area contributed by atoms with E-state index in [2.05, 4.69) is 15.1 Å². The summed E-state index contributed by atoms with van der Waals surface area (Å²) in [5.74, 6) is -1.38. The number of halogens is 1. The fourth-order valence-electron chi connectivity index (χ4n) is 3.38. The third-order valence-corrected chi connectivity index (χ3v) is 6.58. The second-order valence-electron chi connectivity index (χ2n) is 7.76. The van der Waals surface area contributed by atoms with E-state index in [9.17, 15) is 22.4 Å². The van der Waals surface area contributed by atoms with Gasteiger partial charge in [-0.25, -0.2) is 17.5 Å². The van der Waals surface area contributed by atoms with Crippen molar-refractivity contribution in [3.63, 3.8) is 0 Å². The molecule has 178 valence electrons. The summed E-state index contributed by atoms with van der Waals surface area (Å²) in [6.45, 7) is 3.29. The zero-order valence-electron chi connectivity index (χ0n) is 18.8. The molecule has 4 aromatic rings. The van der Waals surface area contributed by atoms with Gasteiger partial charge in [0.1, 0.15) is 11.5 Å². The van der Waals surface area contributed by atoms with Crippen molar-refractivity contribution >= 4 is 27.3 Å². The maximum Gasteiger partial charge on any atom is 0.280 e. The summed E-state index contributed by atoms with van der Waals surface area (Å²) in [6, 6.07) is 19.6. The van der Waals surface area contributed by atoms with E-state index in [0.29, 0.717) is 11.3 Å². The minimum Gasteiger partial charge on any atom is -0.320 e. The van der Waals surface area contributed by atoms with Gasteiger partial charge in [-0.15, -0.1) is 0 Å². The van der Waals surface area contributed by atoms with E-state index in [1.54, 1.807) is 50.2 Å². The Morgan fingerprint density at radius 1 is 0.943 bits per heavy atom. The van der Waals surface area contributed by atoms with Gasteiger partial charge in [0.05, 0.1) is 10.6 Å². The van der Waals surface area contributed by atoms with Crippen LogP contribution in [0.4, 0.5) is 15.8 Å². The van der Waals surface area contributed by atoms with Gasteiger partial charge in [-0.2, -0.15) is 5.10 Å². The summed E-state index contributed by atoms with van der Waals surface area (Å²) in [5.41, 5.74) is 0.489. The molecule has 3 aromatic carbocycles. The average Bonchev–Trinajstić information content (AvgIpc) is 2.82. The third-order valence-electron chi connectivity index (χ3n) is 5.20. The Labute approximate surface area is 201 Å². The molecule has 1 amide bonds. The topological polar surface area (TPSA) is 110 Å². The summed E-state index contributed by atoms with van der Waals surface area (Å²) in [5, 5.41) is 6.64. The van der Waals surface area contributed by atoms with Crippen molar-refractivity contribution in [1.82, 2.24) is 9.78 Å². The van der Waals surface area contributed by atoms with Crippen molar-refractivity contribution in [2.24, 2.45) is 0 Å². The molecule has 0 aliphatic rings. The van der Waals surface area contributed by atoms with Crippen LogP contribution in [0.15, 0.2) is 88.6 Å². The first kappa shape index (κ1) is 23.8. The van der Waals surface area contributed by atoms with Crippen LogP contribution in [-0.4, -0.2) is 24.1 Å². The lowest BCUT2D eigenvalue weighted by molar-refractivity contribution is 0.101. The largest absolute Gasteiger partial charge is 0.320 e. The number of sulfonamides is 1. The molecule has 0 atom stereocenters. The first-order valence-electron chi connectivity index (χ1n) is 10.5. The number of aromatic nitrogens is 2. The van der Waals surface area contributed by atoms with Gasteiger partial charge in [0.25, 0.3) is 15.9 Å². The van der Waals surface area contributed by atoms with E-state index < -0.39 is 32.9 Å². The number of hydrogen-bond acceptors (Lipinski definition) is 5. The predicted octanol–water partition coefficient (Wildman–Crippen LogP) is 4.04. The maximum atomic E-state index is 14.3. The monoisotopic (exact) mass is 492 g/mol. The van der Waals surface area contributed by atoms with E-state index in [1.807, 2.05) is 0 Å². The van der Waals surface area contributed by atoms with Gasteiger partial charge in [0.2, 0.25) is 5.43 Å². The lowest BCUT2D eigenvalue weighted by atomic mass is 10.2. The van der Waals surface area contributed by atoms with Gasteiger partial charge in [-0.1, -0.05) is 36.4 Å². The molecule has 35 heavy (non-hydrogen) atoms. The SMILES string of the molecule is Cc1ccc(NC(=O)c2nn(-c3ccccc3F)c(C)cc2=O)cc1NS(=O)(=O)c1ccccc1. The van der Waals surface area contributed by atoms with E-state index >= 15 is 0 Å². The van der Waals surface area contributed by atoms with Crippen molar-refractivity contribution in [1.29, 1.82) is 0 Å². The summed E-state index contributed by atoms with van der Waals surface area (Å²) in [6.07, 6.45) is 0. The van der Waals surface area contributed by atoms with Crippen LogP contribution in [0.1, 0.15) is 21.7 Å². The number of para-hydroxylation sites is 1. The number of amides is 1. The normalized spacial score (nSPS) is 11.2. The standard InChI is InChI=1S/C25H21FN4O4S/c1-16-12-13-18(15-21(16)29-35(33,34)19-8-4-3-5-9-19)27-25(32)24-23(31)14-17(2)30(28-24)22-11-7-6-10-20(22)26/h3-15,29H,1-2H3,(H,27,32). The highest BCUT2D eigenvalue weighted by Crippen LogP contribution is 2.24. The quantitative estimate of drug-likeness (QED) is 0.422. The Morgan fingerprint density at radius 3 is 2.34 bits per heavy atom. The molecule has 8 nitrogen and oxygen atoms in total. The van der Waals surface area contributed by atoms with E-state index in [1.165, 1.54) is 47.1 Å². The van der Waals surface area contributed by atoms with Crippen LogP contribution in [0.3, 0.4) is 0 Å². The molecule has 0 aliphatic heterocycles. The van der Waals surface area contributed by atoms with Crippen molar-refractivity contribution in [2.75, 3.05) is 10.0 Å². The number of carbonyl (C=O) groups excluding carboxylic acids is 1. The van der Waals surface area contributed by atoms with E-state index in [4.69, 9.17) is 0 Å². The number of benzene rings is 3. The molecule has 0 radical (unpaired) electrons. The maximum absolute atomic E-state index is 14.3. The van der Waals surface area contributed by atoms with Gasteiger partial charge in [0.15, 0.2) is 5.69 Å². The van der Waals surface area contributed by atoms with Crippen LogP contribution in [0.25, 0.3) is 5.69 Å². The summed E-state index contributed by atoms with van der Waals surface area (Å²) in [7, 11) is -3.85. The molecule has 0 saturated heterocycles. The number of aryl methyl sites for hydroxylation is 2. The molecule has 0 bridgehead atoms. The summed E-state index contributed by atoms with van der Waals surface area (Å²) < 4.78 is 43.4. The van der Waals surface area contributed by atoms with Crippen molar-refractivity contribution in [3.05, 3.63) is 112 Å². The van der Waals surface area contributed by atoms with Crippen LogP contribution >= 0.6 is 0 Å². The van der Waals surface area contributed by atoms with Crippen molar-refractivity contribution in [2.45, 2.75) is 18.7 Å². The number of hydrogen-bond donors (Lipinski definition) is 2. The lowest BCUT2D eigenvalue weighted by Crippen LogP contribution is -2.27. The zero-order valence-corrected chi connectivity index (χ0v) is 19.6. The highest BCUT2D eigenvalue weighted by atomic mass is 32.2. The van der Waals surface area contributed by atoms with Crippen molar-refractivity contribution < 1.29 is 17.6 Å². The fourth-order valence-corrected chi connectivity index (χ4v) is 4.52. The number of nitrogens with zero attached hydrogens (tertiary/aromatic N) is 2. The molecule has 0 spiro atoms. The smallest absolute Gasteiger partial charge is 0.280 e. The first-order chi connectivity index (χ1) is 16.7. The van der Waals surface area contributed by atoms with Crippen LogP contribution in [0, 0.1) is 19.7 Å². The third kappa shape index (κ3) is 5.12. The molecule has 0 unspecified atom stereocenters. The number of carbonyl (C=O) groups is 1. The Bertz CT molecular complexity index is 1590. The average molecular weight is 493 g/mol. The minimum atomic E-state index is -3.85. The molecule has 1 heterocycles. The van der Waals surface area contributed by atoms with Gasteiger partial charge >= 0.3 is 0 Å². The molecule has 10 heteroatoms. The molecular weight excluding hydrogens is 471 g/mol. The van der Waals surface area contributed by atoms with Crippen molar-refractivity contribution in [3.8, 4) is 5.69 Å². The summed E-state index contributed by atoms with van der Waals surface area (Å²) in [4.78, 5) is 25.5. The Balaban J connectivity index is 1.63. The highest BCUT2D eigenvalue weighted by Gasteiger charge is 2.19. The second kappa shape index (κ2) is 9.51. The molecular formula is C25H21FN4O4S. The van der Waals surface area contributed by atoms with Gasteiger partial charge < -0.3 is 5.32 Å². The lowest BCUT2D eigenvalue weighted by Gasteiger charge is -2.14. The predicted molar refractivity (Wildman–Crippen MR) is 131 cm³/mol. The van der Waals surface area contributed by atoms with Gasteiger partial charge in [-0.3, -0.25) is 14.3 Å². The first-order valence-corrected chi connectivity index (χ1v) is 12.0. The molecule has 2 N–H and O–H groups in total. The van der Waals surface area contributed by atoms with Crippen LogP contribution in [0.2, 0.25) is 0 Å². The van der Waals surface area contributed by atoms with Gasteiger partial charge in [0, 0.05) is 17.4 Å². The number of nitrogens with one attached hydrogen (secondary N) is 2. The Morgan fingerprint density at radius 2 is 1.63 bits per heavy atom. The number of anilines is 2. The molecule has 0 saturated carbocycles. The van der Waals surface area contributed by atoms with Gasteiger partial charge in [-0.05, 0) is 55.8 Å². The molecule has 0 aliphatic carbocycles. The Hall–Kier alpha value is -4.31. The molecule has 1 aromatic heterocycles. The highest BCUT2D eigenvalue weighted by molar-refractivity contribution is 7.92.